The van der Waals surface area contributed by atoms with Gasteiger partial charge < -0.3 is 15.8 Å². The zero-order chi connectivity index (χ0) is 15.1. The molecule has 1 aliphatic rings. The number of rotatable bonds is 6. The maximum absolute atomic E-state index is 12.0. The van der Waals surface area contributed by atoms with Crippen LogP contribution < -0.4 is 11.1 Å². The maximum atomic E-state index is 12.0. The Morgan fingerprint density at radius 1 is 1.43 bits per heavy atom. The molecule has 5 nitrogen and oxygen atoms in total. The molecule has 0 bridgehead atoms. The normalized spacial score (nSPS) is 19.4. The number of benzene rings is 1. The van der Waals surface area contributed by atoms with Crippen LogP contribution in [0.5, 0.6) is 0 Å². The molecule has 2 rings (SSSR count). The Balaban J connectivity index is 1.82. The standard InChI is InChI=1S/C16H25N3O2/c1-2-18-16(20)15-12-21-11-10-19(15)9-3-4-13-5-7-14(17)8-6-13/h5-8,15H,2-4,9-12,17H2,1H3,(H,18,20). The van der Waals surface area contributed by atoms with Gasteiger partial charge in [0.2, 0.25) is 5.91 Å². The lowest BCUT2D eigenvalue weighted by Crippen LogP contribution is -2.54. The number of carbonyl (C=O) groups is 1. The molecule has 0 aliphatic carbocycles. The second-order valence-electron chi connectivity index (χ2n) is 5.37. The van der Waals surface area contributed by atoms with E-state index in [4.69, 9.17) is 10.5 Å². The predicted octanol–water partition coefficient (Wildman–Crippen LogP) is 1.04. The summed E-state index contributed by atoms with van der Waals surface area (Å²) >= 11 is 0. The Bertz CT molecular complexity index is 447. The van der Waals surface area contributed by atoms with Crippen molar-refractivity contribution in [2.75, 3.05) is 38.6 Å². The van der Waals surface area contributed by atoms with Crippen molar-refractivity contribution < 1.29 is 9.53 Å². The van der Waals surface area contributed by atoms with Gasteiger partial charge in [-0.15, -0.1) is 0 Å². The average molecular weight is 291 g/mol. The zero-order valence-electron chi connectivity index (χ0n) is 12.7. The summed E-state index contributed by atoms with van der Waals surface area (Å²) in [6, 6.07) is 7.85. The van der Waals surface area contributed by atoms with E-state index in [1.807, 2.05) is 19.1 Å². The number of morpholine rings is 1. The van der Waals surface area contributed by atoms with Crippen molar-refractivity contribution in [3.63, 3.8) is 0 Å². The summed E-state index contributed by atoms with van der Waals surface area (Å²) in [5, 5.41) is 2.89. The Kier molecular flexibility index (Phi) is 6.02. The molecule has 3 N–H and O–H groups in total. The minimum Gasteiger partial charge on any atom is -0.399 e. The van der Waals surface area contributed by atoms with Gasteiger partial charge in [-0.25, -0.2) is 0 Å². The van der Waals surface area contributed by atoms with Gasteiger partial charge in [-0.05, 0) is 44.0 Å². The van der Waals surface area contributed by atoms with Crippen LogP contribution in [0.25, 0.3) is 0 Å². The predicted molar refractivity (Wildman–Crippen MR) is 84.0 cm³/mol. The number of nitrogens with zero attached hydrogens (tertiary/aromatic N) is 1. The van der Waals surface area contributed by atoms with Crippen molar-refractivity contribution in [2.45, 2.75) is 25.8 Å². The van der Waals surface area contributed by atoms with Crippen LogP contribution in [0.3, 0.4) is 0 Å². The number of aryl methyl sites for hydroxylation is 1. The van der Waals surface area contributed by atoms with Crippen molar-refractivity contribution in [2.24, 2.45) is 0 Å². The Morgan fingerprint density at radius 3 is 2.90 bits per heavy atom. The number of hydrogen-bond donors (Lipinski definition) is 2. The molecule has 1 atom stereocenters. The number of hydrogen-bond acceptors (Lipinski definition) is 4. The van der Waals surface area contributed by atoms with Crippen LogP contribution in [0.4, 0.5) is 5.69 Å². The van der Waals surface area contributed by atoms with Crippen molar-refractivity contribution in [3.05, 3.63) is 29.8 Å². The summed E-state index contributed by atoms with van der Waals surface area (Å²) in [5.74, 6) is 0.0738. The fraction of sp³-hybridized carbons (Fsp3) is 0.562. The summed E-state index contributed by atoms with van der Waals surface area (Å²) < 4.78 is 5.44. The summed E-state index contributed by atoms with van der Waals surface area (Å²) in [5.41, 5.74) is 7.76. The van der Waals surface area contributed by atoms with Crippen LogP contribution >= 0.6 is 0 Å². The molecule has 1 fully saturated rings. The lowest BCUT2D eigenvalue weighted by Gasteiger charge is -2.34. The minimum absolute atomic E-state index is 0.0738. The summed E-state index contributed by atoms with van der Waals surface area (Å²) in [7, 11) is 0. The SMILES string of the molecule is CCNC(=O)C1COCCN1CCCc1ccc(N)cc1. The Labute approximate surface area is 126 Å². The van der Waals surface area contributed by atoms with Crippen molar-refractivity contribution in [1.82, 2.24) is 10.2 Å². The van der Waals surface area contributed by atoms with E-state index < -0.39 is 0 Å². The molecule has 5 heteroatoms. The summed E-state index contributed by atoms with van der Waals surface area (Å²) in [6.07, 6.45) is 2.03. The smallest absolute Gasteiger partial charge is 0.239 e. The monoisotopic (exact) mass is 291 g/mol. The number of anilines is 1. The fourth-order valence-electron chi connectivity index (χ4n) is 2.61. The van der Waals surface area contributed by atoms with E-state index in [1.165, 1.54) is 5.56 Å². The van der Waals surface area contributed by atoms with Crippen molar-refractivity contribution in [1.29, 1.82) is 0 Å². The topological polar surface area (TPSA) is 67.6 Å². The fourth-order valence-corrected chi connectivity index (χ4v) is 2.61. The second-order valence-corrected chi connectivity index (χ2v) is 5.37. The number of carbonyl (C=O) groups excluding carboxylic acids is 1. The van der Waals surface area contributed by atoms with E-state index in [9.17, 15) is 4.79 Å². The molecular weight excluding hydrogens is 266 g/mol. The summed E-state index contributed by atoms with van der Waals surface area (Å²) in [6.45, 7) is 5.53. The van der Waals surface area contributed by atoms with Gasteiger partial charge in [-0.1, -0.05) is 12.1 Å². The van der Waals surface area contributed by atoms with E-state index in [-0.39, 0.29) is 11.9 Å². The number of nitrogen functional groups attached to an aromatic ring is 1. The zero-order valence-corrected chi connectivity index (χ0v) is 12.7. The van der Waals surface area contributed by atoms with Crippen LogP contribution in [0.1, 0.15) is 18.9 Å². The third-order valence-corrected chi connectivity index (χ3v) is 3.78. The first-order valence-corrected chi connectivity index (χ1v) is 7.64. The second kappa shape index (κ2) is 8.00. The van der Waals surface area contributed by atoms with E-state index >= 15 is 0 Å². The van der Waals surface area contributed by atoms with Crippen LogP contribution in [0, 0.1) is 0 Å². The van der Waals surface area contributed by atoms with Crippen LogP contribution in [-0.4, -0.2) is 49.7 Å². The number of likely N-dealkylation sites (N-methyl/N-ethyl adjacent to an activating group) is 1. The highest BCUT2D eigenvalue weighted by atomic mass is 16.5. The van der Waals surface area contributed by atoms with Gasteiger partial charge in [0.15, 0.2) is 0 Å². The van der Waals surface area contributed by atoms with Crippen LogP contribution in [0.15, 0.2) is 24.3 Å². The third kappa shape index (κ3) is 4.72. The number of nitrogens with two attached hydrogens (primary N) is 1. The molecule has 1 amide bonds. The maximum Gasteiger partial charge on any atom is 0.239 e. The lowest BCUT2D eigenvalue weighted by atomic mass is 10.1. The minimum atomic E-state index is -0.148. The molecule has 1 aromatic carbocycles. The van der Waals surface area contributed by atoms with Gasteiger partial charge in [0, 0.05) is 18.8 Å². The Morgan fingerprint density at radius 2 is 2.19 bits per heavy atom. The molecular formula is C16H25N3O2. The molecule has 0 aromatic heterocycles. The molecule has 0 radical (unpaired) electrons. The number of amides is 1. The molecule has 0 spiro atoms. The van der Waals surface area contributed by atoms with Gasteiger partial charge in [0.25, 0.3) is 0 Å². The van der Waals surface area contributed by atoms with Crippen LogP contribution in [-0.2, 0) is 16.0 Å². The lowest BCUT2D eigenvalue weighted by molar-refractivity contribution is -0.132. The first-order valence-electron chi connectivity index (χ1n) is 7.64. The van der Waals surface area contributed by atoms with Crippen molar-refractivity contribution in [3.8, 4) is 0 Å². The molecule has 116 valence electrons. The highest BCUT2D eigenvalue weighted by molar-refractivity contribution is 5.81. The first-order chi connectivity index (χ1) is 10.2. The molecule has 21 heavy (non-hydrogen) atoms. The third-order valence-electron chi connectivity index (χ3n) is 3.78. The molecule has 1 heterocycles. The summed E-state index contributed by atoms with van der Waals surface area (Å²) in [4.78, 5) is 14.3. The quantitative estimate of drug-likeness (QED) is 0.769. The van der Waals surface area contributed by atoms with Crippen LogP contribution in [0.2, 0.25) is 0 Å². The van der Waals surface area contributed by atoms with E-state index in [0.717, 1.165) is 31.6 Å². The van der Waals surface area contributed by atoms with E-state index in [0.29, 0.717) is 19.8 Å². The molecule has 1 unspecified atom stereocenters. The van der Waals surface area contributed by atoms with Gasteiger partial charge >= 0.3 is 0 Å². The molecule has 1 saturated heterocycles. The largest absolute Gasteiger partial charge is 0.399 e. The van der Waals surface area contributed by atoms with Gasteiger partial charge in [-0.2, -0.15) is 0 Å². The average Bonchev–Trinajstić information content (AvgIpc) is 2.50. The van der Waals surface area contributed by atoms with E-state index in [1.54, 1.807) is 0 Å². The molecule has 1 aliphatic heterocycles. The van der Waals surface area contributed by atoms with Crippen molar-refractivity contribution >= 4 is 11.6 Å². The highest BCUT2D eigenvalue weighted by Crippen LogP contribution is 2.11. The molecule has 0 saturated carbocycles. The van der Waals surface area contributed by atoms with E-state index in [2.05, 4.69) is 22.3 Å². The van der Waals surface area contributed by atoms with Gasteiger partial charge in [-0.3, -0.25) is 9.69 Å². The van der Waals surface area contributed by atoms with Gasteiger partial charge in [0.1, 0.15) is 6.04 Å². The highest BCUT2D eigenvalue weighted by Gasteiger charge is 2.28. The Hall–Kier alpha value is -1.59. The van der Waals surface area contributed by atoms with Gasteiger partial charge in [0.05, 0.1) is 13.2 Å². The number of ether oxygens (including phenoxy) is 1. The molecule has 1 aromatic rings. The first kappa shape index (κ1) is 15.8. The number of nitrogens with one attached hydrogen (secondary N) is 1.